The molecule has 1 aliphatic heterocycles. The van der Waals surface area contributed by atoms with Crippen molar-refractivity contribution in [3.05, 3.63) is 28.3 Å². The Kier molecular flexibility index (Phi) is 6.56. The zero-order valence-electron chi connectivity index (χ0n) is 14.6. The highest BCUT2D eigenvalue weighted by Crippen LogP contribution is 2.30. The number of ether oxygens (including phenoxy) is 1. The Morgan fingerprint density at radius 3 is 2.88 bits per heavy atom. The summed E-state index contributed by atoms with van der Waals surface area (Å²) in [6.45, 7) is 3.92. The first kappa shape index (κ1) is 19.7. The Bertz CT molecular complexity index is 752. The summed E-state index contributed by atoms with van der Waals surface area (Å²) in [5.41, 5.74) is -0.224. The SMILES string of the molecule is CCC(C)N=C1NC(=O)C(CC(=O)Nc2ccc(OC)cc2[N+](=O)[O-])S1. The number of aliphatic imine (C=N–C) groups is 1. The van der Waals surface area contributed by atoms with Gasteiger partial charge in [0.25, 0.3) is 5.69 Å². The number of amidine groups is 1. The summed E-state index contributed by atoms with van der Waals surface area (Å²) in [5.74, 6) is -0.474. The summed E-state index contributed by atoms with van der Waals surface area (Å²) in [7, 11) is 1.39. The molecule has 0 aliphatic carbocycles. The molecule has 1 aromatic carbocycles. The summed E-state index contributed by atoms with van der Waals surface area (Å²) >= 11 is 1.19. The number of hydrogen-bond donors (Lipinski definition) is 2. The van der Waals surface area contributed by atoms with Crippen LogP contribution in [0.2, 0.25) is 0 Å². The van der Waals surface area contributed by atoms with Crippen LogP contribution in [0.1, 0.15) is 26.7 Å². The van der Waals surface area contributed by atoms with Gasteiger partial charge in [-0.1, -0.05) is 18.7 Å². The van der Waals surface area contributed by atoms with Gasteiger partial charge in [0.1, 0.15) is 16.7 Å². The van der Waals surface area contributed by atoms with E-state index in [9.17, 15) is 19.7 Å². The molecule has 2 unspecified atom stereocenters. The number of carbonyl (C=O) groups is 2. The maximum absolute atomic E-state index is 12.2. The fraction of sp³-hybridized carbons (Fsp3) is 0.438. The normalized spacial score (nSPS) is 19.1. The second-order valence-electron chi connectivity index (χ2n) is 5.68. The number of hydrogen-bond acceptors (Lipinski definition) is 7. The fourth-order valence-electron chi connectivity index (χ4n) is 2.16. The summed E-state index contributed by atoms with van der Waals surface area (Å²) in [5, 5.41) is 16.2. The van der Waals surface area contributed by atoms with Gasteiger partial charge in [-0.15, -0.1) is 0 Å². The van der Waals surface area contributed by atoms with Crippen molar-refractivity contribution in [1.29, 1.82) is 0 Å². The molecule has 1 fully saturated rings. The van der Waals surface area contributed by atoms with Crippen molar-refractivity contribution in [2.75, 3.05) is 12.4 Å². The van der Waals surface area contributed by atoms with Gasteiger partial charge in [-0.25, -0.2) is 0 Å². The topological polar surface area (TPSA) is 123 Å². The molecule has 0 radical (unpaired) electrons. The molecule has 0 bridgehead atoms. The Morgan fingerprint density at radius 1 is 1.54 bits per heavy atom. The minimum absolute atomic E-state index is 0.0534. The number of benzene rings is 1. The Hall–Kier alpha value is -2.62. The maximum Gasteiger partial charge on any atom is 0.296 e. The molecule has 1 aliphatic rings. The van der Waals surface area contributed by atoms with Crippen LogP contribution in [0, 0.1) is 10.1 Å². The van der Waals surface area contributed by atoms with Crippen LogP contribution < -0.4 is 15.4 Å². The van der Waals surface area contributed by atoms with Crippen molar-refractivity contribution in [3.8, 4) is 5.75 Å². The van der Waals surface area contributed by atoms with Crippen molar-refractivity contribution in [3.63, 3.8) is 0 Å². The minimum atomic E-state index is -0.616. The van der Waals surface area contributed by atoms with Crippen molar-refractivity contribution < 1.29 is 19.2 Å². The monoisotopic (exact) mass is 380 g/mol. The van der Waals surface area contributed by atoms with Gasteiger partial charge >= 0.3 is 0 Å². The van der Waals surface area contributed by atoms with Gasteiger partial charge in [0.05, 0.1) is 18.1 Å². The molecule has 0 saturated carbocycles. The lowest BCUT2D eigenvalue weighted by Gasteiger charge is -2.09. The van der Waals surface area contributed by atoms with Crippen LogP contribution in [-0.4, -0.2) is 40.3 Å². The molecule has 26 heavy (non-hydrogen) atoms. The number of nitrogens with one attached hydrogen (secondary N) is 2. The second kappa shape index (κ2) is 8.65. The van der Waals surface area contributed by atoms with Gasteiger partial charge in [-0.2, -0.15) is 0 Å². The van der Waals surface area contributed by atoms with E-state index in [-0.39, 0.29) is 29.7 Å². The molecule has 140 valence electrons. The van der Waals surface area contributed by atoms with E-state index in [0.29, 0.717) is 10.9 Å². The lowest BCUT2D eigenvalue weighted by molar-refractivity contribution is -0.384. The van der Waals surface area contributed by atoms with Crippen LogP contribution >= 0.6 is 11.8 Å². The number of thioether (sulfide) groups is 1. The maximum atomic E-state index is 12.2. The van der Waals surface area contributed by atoms with Gasteiger partial charge in [-0.05, 0) is 25.5 Å². The first-order valence-electron chi connectivity index (χ1n) is 8.01. The van der Waals surface area contributed by atoms with Crippen molar-refractivity contribution in [1.82, 2.24) is 5.32 Å². The van der Waals surface area contributed by atoms with Gasteiger partial charge in [0.2, 0.25) is 11.8 Å². The van der Waals surface area contributed by atoms with Crippen molar-refractivity contribution >= 4 is 40.1 Å². The number of methoxy groups -OCH3 is 1. The fourth-order valence-corrected chi connectivity index (χ4v) is 3.23. The molecule has 2 atom stereocenters. The Morgan fingerprint density at radius 2 is 2.27 bits per heavy atom. The quantitative estimate of drug-likeness (QED) is 0.553. The Labute approximate surface area is 154 Å². The van der Waals surface area contributed by atoms with E-state index in [0.717, 1.165) is 6.42 Å². The third-order valence-corrected chi connectivity index (χ3v) is 4.85. The molecule has 2 amide bonds. The summed E-state index contributed by atoms with van der Waals surface area (Å²) in [4.78, 5) is 39.1. The zero-order valence-corrected chi connectivity index (χ0v) is 15.5. The molecule has 0 spiro atoms. The molecule has 9 nitrogen and oxygen atoms in total. The van der Waals surface area contributed by atoms with Crippen molar-refractivity contribution in [2.45, 2.75) is 38.0 Å². The molecule has 0 aromatic heterocycles. The van der Waals surface area contributed by atoms with Gasteiger partial charge in [0.15, 0.2) is 5.17 Å². The van der Waals surface area contributed by atoms with E-state index in [1.54, 1.807) is 0 Å². The third kappa shape index (κ3) is 4.94. The highest BCUT2D eigenvalue weighted by atomic mass is 32.2. The highest BCUT2D eigenvalue weighted by Gasteiger charge is 2.32. The standard InChI is InChI=1S/C16H20N4O5S/c1-4-9(2)17-16-19-15(22)13(26-16)8-14(21)18-11-6-5-10(25-3)7-12(11)20(23)24/h5-7,9,13H,4,8H2,1-3H3,(H,18,21)(H,17,19,22). The zero-order chi connectivity index (χ0) is 19.3. The van der Waals surface area contributed by atoms with Crippen molar-refractivity contribution in [2.24, 2.45) is 4.99 Å². The number of nitro groups is 1. The smallest absolute Gasteiger partial charge is 0.296 e. The van der Waals surface area contributed by atoms with Gasteiger partial charge in [-0.3, -0.25) is 24.7 Å². The third-order valence-electron chi connectivity index (χ3n) is 3.75. The van der Waals surface area contributed by atoms with E-state index in [2.05, 4.69) is 15.6 Å². The predicted molar refractivity (Wildman–Crippen MR) is 99.6 cm³/mol. The molecule has 2 rings (SSSR count). The molecule has 1 heterocycles. The lowest BCUT2D eigenvalue weighted by atomic mass is 10.2. The van der Waals surface area contributed by atoms with E-state index < -0.39 is 16.1 Å². The van der Waals surface area contributed by atoms with Crippen LogP contribution in [0.15, 0.2) is 23.2 Å². The van der Waals surface area contributed by atoms with Crippen LogP contribution in [0.5, 0.6) is 5.75 Å². The number of carbonyl (C=O) groups excluding carboxylic acids is 2. The highest BCUT2D eigenvalue weighted by molar-refractivity contribution is 8.15. The Balaban J connectivity index is 2.04. The first-order chi connectivity index (χ1) is 12.3. The second-order valence-corrected chi connectivity index (χ2v) is 6.87. The van der Waals surface area contributed by atoms with Crippen LogP contribution in [0.4, 0.5) is 11.4 Å². The van der Waals surface area contributed by atoms with Crippen LogP contribution in [0.3, 0.4) is 0 Å². The first-order valence-corrected chi connectivity index (χ1v) is 8.89. The average molecular weight is 380 g/mol. The summed E-state index contributed by atoms with van der Waals surface area (Å²) in [6, 6.07) is 4.21. The minimum Gasteiger partial charge on any atom is -0.496 e. The van der Waals surface area contributed by atoms with E-state index in [1.807, 2.05) is 13.8 Å². The number of nitrogens with zero attached hydrogens (tertiary/aromatic N) is 2. The van der Waals surface area contributed by atoms with E-state index in [4.69, 9.17) is 4.74 Å². The lowest BCUT2D eigenvalue weighted by Crippen LogP contribution is -2.28. The van der Waals surface area contributed by atoms with Crippen LogP contribution in [-0.2, 0) is 9.59 Å². The molecule has 2 N–H and O–H groups in total. The number of nitro benzene ring substituents is 1. The number of rotatable bonds is 7. The van der Waals surface area contributed by atoms with Gasteiger partial charge < -0.3 is 15.4 Å². The van der Waals surface area contributed by atoms with E-state index in [1.165, 1.54) is 37.1 Å². The number of anilines is 1. The average Bonchev–Trinajstić information content (AvgIpc) is 2.93. The van der Waals surface area contributed by atoms with E-state index >= 15 is 0 Å². The molecule has 1 aromatic rings. The molecular weight excluding hydrogens is 360 g/mol. The number of amides is 2. The molecule has 1 saturated heterocycles. The van der Waals surface area contributed by atoms with Crippen LogP contribution in [0.25, 0.3) is 0 Å². The molecular formula is C16H20N4O5S. The van der Waals surface area contributed by atoms with Gasteiger partial charge in [0, 0.05) is 12.5 Å². The predicted octanol–water partition coefficient (Wildman–Crippen LogP) is 2.32. The summed E-state index contributed by atoms with van der Waals surface area (Å²) in [6.07, 6.45) is 0.728. The summed E-state index contributed by atoms with van der Waals surface area (Å²) < 4.78 is 4.95. The largest absolute Gasteiger partial charge is 0.496 e. The molecule has 10 heteroatoms.